The Balaban J connectivity index is 1.77. The molecule has 0 amide bonds. The second-order valence-corrected chi connectivity index (χ2v) is 5.57. The summed E-state index contributed by atoms with van der Waals surface area (Å²) in [7, 11) is 0. The molecule has 1 aromatic heterocycles. The zero-order valence-electron chi connectivity index (χ0n) is 11.5. The zero-order chi connectivity index (χ0) is 13.2. The fourth-order valence-electron chi connectivity index (χ4n) is 3.21. The molecule has 0 N–H and O–H groups in total. The molecule has 3 heterocycles. The first kappa shape index (κ1) is 12.4. The van der Waals surface area contributed by atoms with Crippen LogP contribution in [0, 0.1) is 18.3 Å². The van der Waals surface area contributed by atoms with Gasteiger partial charge >= 0.3 is 0 Å². The molecule has 4 nitrogen and oxygen atoms in total. The molecule has 2 aliphatic rings. The van der Waals surface area contributed by atoms with Gasteiger partial charge in [-0.3, -0.25) is 4.90 Å². The van der Waals surface area contributed by atoms with Crippen LogP contribution in [-0.4, -0.2) is 42.1 Å². The summed E-state index contributed by atoms with van der Waals surface area (Å²) >= 11 is 0. The Morgan fingerprint density at radius 2 is 2.05 bits per heavy atom. The van der Waals surface area contributed by atoms with Crippen molar-refractivity contribution in [3.05, 3.63) is 23.4 Å². The normalized spacial score (nSPS) is 23.8. The van der Waals surface area contributed by atoms with Crippen molar-refractivity contribution in [1.29, 1.82) is 5.26 Å². The van der Waals surface area contributed by atoms with E-state index in [1.165, 1.54) is 32.4 Å². The predicted octanol–water partition coefficient (Wildman–Crippen LogP) is 1.94. The van der Waals surface area contributed by atoms with E-state index in [4.69, 9.17) is 0 Å². The van der Waals surface area contributed by atoms with E-state index in [-0.39, 0.29) is 0 Å². The highest BCUT2D eigenvalue weighted by atomic mass is 15.3. The number of rotatable bonds is 2. The fourth-order valence-corrected chi connectivity index (χ4v) is 3.21. The number of nitrogens with zero attached hydrogens (tertiary/aromatic N) is 4. The van der Waals surface area contributed by atoms with Crippen LogP contribution in [0.25, 0.3) is 0 Å². The van der Waals surface area contributed by atoms with E-state index in [1.807, 2.05) is 19.1 Å². The largest absolute Gasteiger partial charge is 0.354 e. The van der Waals surface area contributed by atoms with E-state index in [0.717, 1.165) is 24.6 Å². The van der Waals surface area contributed by atoms with Crippen molar-refractivity contribution < 1.29 is 0 Å². The second kappa shape index (κ2) is 5.18. The summed E-state index contributed by atoms with van der Waals surface area (Å²) in [5.74, 6) is 0.879. The molecule has 4 heteroatoms. The SMILES string of the molecule is Cc1ccc(C#N)c(N2CCC(N3CCCC3)C2)n1. The monoisotopic (exact) mass is 256 g/mol. The van der Waals surface area contributed by atoms with Gasteiger partial charge in [-0.2, -0.15) is 5.26 Å². The fraction of sp³-hybridized carbons (Fsp3) is 0.600. The van der Waals surface area contributed by atoms with Crippen LogP contribution < -0.4 is 4.90 Å². The summed E-state index contributed by atoms with van der Waals surface area (Å²) in [6, 6.07) is 6.72. The van der Waals surface area contributed by atoms with Crippen LogP contribution >= 0.6 is 0 Å². The third-order valence-corrected chi connectivity index (χ3v) is 4.25. The number of aromatic nitrogens is 1. The highest BCUT2D eigenvalue weighted by Gasteiger charge is 2.30. The Bertz CT molecular complexity index is 499. The third kappa shape index (κ3) is 2.43. The molecule has 100 valence electrons. The average molecular weight is 256 g/mol. The topological polar surface area (TPSA) is 43.2 Å². The minimum atomic E-state index is 0.649. The second-order valence-electron chi connectivity index (χ2n) is 5.57. The van der Waals surface area contributed by atoms with Gasteiger partial charge in [-0.25, -0.2) is 4.98 Å². The lowest BCUT2D eigenvalue weighted by atomic mass is 10.2. The predicted molar refractivity (Wildman–Crippen MR) is 75.1 cm³/mol. The highest BCUT2D eigenvalue weighted by molar-refractivity contribution is 5.55. The summed E-state index contributed by atoms with van der Waals surface area (Å²) in [5, 5.41) is 9.22. The number of nitriles is 1. The Labute approximate surface area is 114 Å². The van der Waals surface area contributed by atoms with E-state index in [9.17, 15) is 5.26 Å². The Hall–Kier alpha value is -1.60. The Morgan fingerprint density at radius 3 is 2.79 bits per heavy atom. The van der Waals surface area contributed by atoms with Gasteiger partial charge in [0, 0.05) is 24.8 Å². The maximum absolute atomic E-state index is 9.22. The molecule has 2 saturated heterocycles. The van der Waals surface area contributed by atoms with Crippen LogP contribution in [-0.2, 0) is 0 Å². The maximum atomic E-state index is 9.22. The molecule has 2 aliphatic heterocycles. The van der Waals surface area contributed by atoms with Gasteiger partial charge in [0.1, 0.15) is 11.9 Å². The van der Waals surface area contributed by atoms with Crippen molar-refractivity contribution in [2.75, 3.05) is 31.1 Å². The molecule has 0 bridgehead atoms. The van der Waals surface area contributed by atoms with Crippen molar-refractivity contribution in [2.24, 2.45) is 0 Å². The van der Waals surface area contributed by atoms with Gasteiger partial charge in [-0.15, -0.1) is 0 Å². The molecular weight excluding hydrogens is 236 g/mol. The first-order chi connectivity index (χ1) is 9.28. The third-order valence-electron chi connectivity index (χ3n) is 4.25. The summed E-state index contributed by atoms with van der Waals surface area (Å²) in [4.78, 5) is 9.46. The molecule has 0 saturated carbocycles. The Morgan fingerprint density at radius 1 is 1.26 bits per heavy atom. The number of anilines is 1. The molecule has 0 aliphatic carbocycles. The summed E-state index contributed by atoms with van der Waals surface area (Å²) in [5.41, 5.74) is 1.69. The molecular formula is C15H20N4. The van der Waals surface area contributed by atoms with E-state index in [1.54, 1.807) is 0 Å². The highest BCUT2D eigenvalue weighted by Crippen LogP contribution is 2.26. The number of hydrogen-bond donors (Lipinski definition) is 0. The lowest BCUT2D eigenvalue weighted by Crippen LogP contribution is -2.35. The quantitative estimate of drug-likeness (QED) is 0.811. The summed E-state index contributed by atoms with van der Waals surface area (Å²) < 4.78 is 0. The first-order valence-electron chi connectivity index (χ1n) is 7.14. The van der Waals surface area contributed by atoms with Gasteiger partial charge in [0.25, 0.3) is 0 Å². The van der Waals surface area contributed by atoms with Crippen LogP contribution in [0.5, 0.6) is 0 Å². The first-order valence-corrected chi connectivity index (χ1v) is 7.14. The average Bonchev–Trinajstić information content (AvgIpc) is 3.09. The lowest BCUT2D eigenvalue weighted by Gasteiger charge is -2.24. The van der Waals surface area contributed by atoms with Crippen molar-refractivity contribution in [3.8, 4) is 6.07 Å². The molecule has 3 rings (SSSR count). The number of aryl methyl sites for hydroxylation is 1. The van der Waals surface area contributed by atoms with Gasteiger partial charge in [0.15, 0.2) is 0 Å². The molecule has 1 aromatic rings. The van der Waals surface area contributed by atoms with Gasteiger partial charge in [0.2, 0.25) is 0 Å². The van der Waals surface area contributed by atoms with Crippen LogP contribution in [0.2, 0.25) is 0 Å². The maximum Gasteiger partial charge on any atom is 0.146 e. The molecule has 0 radical (unpaired) electrons. The smallest absolute Gasteiger partial charge is 0.146 e. The zero-order valence-corrected chi connectivity index (χ0v) is 11.5. The molecule has 0 spiro atoms. The minimum absolute atomic E-state index is 0.649. The number of likely N-dealkylation sites (tertiary alicyclic amines) is 1. The van der Waals surface area contributed by atoms with Gasteiger partial charge in [0.05, 0.1) is 5.56 Å². The summed E-state index contributed by atoms with van der Waals surface area (Å²) in [6.07, 6.45) is 3.87. The van der Waals surface area contributed by atoms with E-state index in [0.29, 0.717) is 11.6 Å². The van der Waals surface area contributed by atoms with Crippen molar-refractivity contribution in [1.82, 2.24) is 9.88 Å². The van der Waals surface area contributed by atoms with Crippen molar-refractivity contribution >= 4 is 5.82 Å². The molecule has 0 aromatic carbocycles. The Kier molecular flexibility index (Phi) is 3.39. The van der Waals surface area contributed by atoms with Crippen LogP contribution in [0.15, 0.2) is 12.1 Å². The van der Waals surface area contributed by atoms with Crippen LogP contribution in [0.3, 0.4) is 0 Å². The number of pyridine rings is 1. The molecule has 1 unspecified atom stereocenters. The van der Waals surface area contributed by atoms with E-state index >= 15 is 0 Å². The minimum Gasteiger partial charge on any atom is -0.354 e. The number of hydrogen-bond acceptors (Lipinski definition) is 4. The van der Waals surface area contributed by atoms with Crippen LogP contribution in [0.4, 0.5) is 5.82 Å². The van der Waals surface area contributed by atoms with Gasteiger partial charge in [-0.05, 0) is 51.4 Å². The van der Waals surface area contributed by atoms with Crippen molar-refractivity contribution in [2.45, 2.75) is 32.2 Å². The van der Waals surface area contributed by atoms with Gasteiger partial charge < -0.3 is 4.90 Å². The lowest BCUT2D eigenvalue weighted by molar-refractivity contribution is 0.260. The van der Waals surface area contributed by atoms with Crippen LogP contribution in [0.1, 0.15) is 30.5 Å². The standard InChI is InChI=1S/C15H20N4/c1-12-4-5-13(10-16)15(17-12)19-9-6-14(11-19)18-7-2-3-8-18/h4-5,14H,2-3,6-9,11H2,1H3. The van der Waals surface area contributed by atoms with Gasteiger partial charge in [-0.1, -0.05) is 0 Å². The summed E-state index contributed by atoms with van der Waals surface area (Å²) in [6.45, 7) is 6.51. The van der Waals surface area contributed by atoms with E-state index < -0.39 is 0 Å². The molecule has 19 heavy (non-hydrogen) atoms. The van der Waals surface area contributed by atoms with E-state index in [2.05, 4.69) is 20.9 Å². The molecule has 2 fully saturated rings. The van der Waals surface area contributed by atoms with Crippen molar-refractivity contribution in [3.63, 3.8) is 0 Å². The molecule has 1 atom stereocenters.